The molecule has 188 valence electrons. The Balaban J connectivity index is 1.90. The van der Waals surface area contributed by atoms with Crippen LogP contribution in [0.3, 0.4) is 0 Å². The van der Waals surface area contributed by atoms with Gasteiger partial charge >= 0.3 is 11.9 Å². The molecule has 1 aliphatic heterocycles. The highest BCUT2D eigenvalue weighted by Gasteiger charge is 2.46. The Bertz CT molecular complexity index is 1190. The van der Waals surface area contributed by atoms with Crippen molar-refractivity contribution in [3.8, 4) is 0 Å². The number of aliphatic imine (C=N–C) groups is 1. The molecule has 0 aromatic heterocycles. The van der Waals surface area contributed by atoms with Gasteiger partial charge in [0.1, 0.15) is 12.5 Å². The quantitative estimate of drug-likeness (QED) is 0.152. The molecule has 36 heavy (non-hydrogen) atoms. The van der Waals surface area contributed by atoms with Gasteiger partial charge in [-0.2, -0.15) is 0 Å². The van der Waals surface area contributed by atoms with Gasteiger partial charge in [0.25, 0.3) is 5.69 Å². The molecule has 0 saturated carbocycles. The van der Waals surface area contributed by atoms with E-state index in [4.69, 9.17) is 14.2 Å². The first-order chi connectivity index (χ1) is 17.4. The number of nitro benzene ring substituents is 1. The fourth-order valence-electron chi connectivity index (χ4n) is 4.04. The Morgan fingerprint density at radius 2 is 1.75 bits per heavy atom. The first kappa shape index (κ1) is 26.4. The molecule has 10 heteroatoms. The van der Waals surface area contributed by atoms with Crippen molar-refractivity contribution < 1.29 is 33.5 Å². The van der Waals surface area contributed by atoms with Crippen molar-refractivity contribution in [1.82, 2.24) is 0 Å². The number of nitro groups is 1. The summed E-state index contributed by atoms with van der Waals surface area (Å²) in [5.41, 5.74) is 0.595. The second-order valence-corrected chi connectivity index (χ2v) is 7.85. The second-order valence-electron chi connectivity index (χ2n) is 7.85. The van der Waals surface area contributed by atoms with E-state index in [0.717, 1.165) is 5.56 Å². The van der Waals surface area contributed by atoms with Crippen LogP contribution in [-0.2, 0) is 35.2 Å². The Morgan fingerprint density at radius 3 is 2.42 bits per heavy atom. The Kier molecular flexibility index (Phi) is 9.18. The standard InChI is InChI=1S/C26H26N2O8/c1-3-35-26(31)24-20(15-29)27-17(2)22(23(24)19-11-7-8-12-21(19)28(32)33)25(30)36-14-13-34-16-18-9-5-4-6-10-18/h4-12,15,23-24H,3,13-14,16H2,1-2H3. The highest BCUT2D eigenvalue weighted by atomic mass is 16.6. The molecule has 2 unspecified atom stereocenters. The van der Waals surface area contributed by atoms with E-state index in [9.17, 15) is 24.5 Å². The third-order valence-electron chi connectivity index (χ3n) is 5.57. The highest BCUT2D eigenvalue weighted by Crippen LogP contribution is 2.43. The zero-order valence-electron chi connectivity index (χ0n) is 19.9. The molecular formula is C26H26N2O8. The molecule has 10 nitrogen and oxygen atoms in total. The molecule has 3 rings (SSSR count). The molecule has 0 aliphatic carbocycles. The van der Waals surface area contributed by atoms with Gasteiger partial charge < -0.3 is 14.2 Å². The fourth-order valence-corrected chi connectivity index (χ4v) is 4.04. The van der Waals surface area contributed by atoms with Crippen LogP contribution >= 0.6 is 0 Å². The lowest BCUT2D eigenvalue weighted by molar-refractivity contribution is -0.385. The topological polar surface area (TPSA) is 134 Å². The molecule has 0 radical (unpaired) electrons. The van der Waals surface area contributed by atoms with Crippen LogP contribution in [0.5, 0.6) is 0 Å². The number of rotatable bonds is 11. The summed E-state index contributed by atoms with van der Waals surface area (Å²) in [5.74, 6) is -4.21. The van der Waals surface area contributed by atoms with Crippen molar-refractivity contribution in [2.24, 2.45) is 10.9 Å². The molecule has 0 N–H and O–H groups in total. The van der Waals surface area contributed by atoms with Crippen molar-refractivity contribution in [2.45, 2.75) is 26.4 Å². The number of hydrogen-bond acceptors (Lipinski definition) is 9. The first-order valence-electron chi connectivity index (χ1n) is 11.3. The number of hydrogen-bond donors (Lipinski definition) is 0. The van der Waals surface area contributed by atoms with Crippen LogP contribution in [0.4, 0.5) is 5.69 Å². The normalized spacial score (nSPS) is 17.2. The Morgan fingerprint density at radius 1 is 1.06 bits per heavy atom. The summed E-state index contributed by atoms with van der Waals surface area (Å²) < 4.78 is 16.1. The number of carbonyl (C=O) groups excluding carboxylic acids is 3. The van der Waals surface area contributed by atoms with E-state index in [1.807, 2.05) is 30.3 Å². The maximum Gasteiger partial charge on any atom is 0.336 e. The third kappa shape index (κ3) is 6.08. The van der Waals surface area contributed by atoms with Gasteiger partial charge in [-0.05, 0) is 19.4 Å². The van der Waals surface area contributed by atoms with E-state index < -0.39 is 28.7 Å². The number of esters is 2. The van der Waals surface area contributed by atoms with E-state index in [1.54, 1.807) is 13.0 Å². The van der Waals surface area contributed by atoms with Crippen LogP contribution in [0, 0.1) is 16.0 Å². The molecular weight excluding hydrogens is 468 g/mol. The van der Waals surface area contributed by atoms with E-state index >= 15 is 0 Å². The molecule has 2 aromatic carbocycles. The molecule has 0 spiro atoms. The van der Waals surface area contributed by atoms with Crippen molar-refractivity contribution in [2.75, 3.05) is 19.8 Å². The van der Waals surface area contributed by atoms with Crippen LogP contribution in [0.15, 0.2) is 70.9 Å². The number of benzene rings is 2. The zero-order chi connectivity index (χ0) is 26.1. The number of ether oxygens (including phenoxy) is 3. The average molecular weight is 495 g/mol. The van der Waals surface area contributed by atoms with E-state index in [0.29, 0.717) is 12.9 Å². The lowest BCUT2D eigenvalue weighted by Crippen LogP contribution is -2.38. The number of carbonyl (C=O) groups is 3. The Labute approximate surface area is 207 Å². The van der Waals surface area contributed by atoms with Crippen molar-refractivity contribution in [3.63, 3.8) is 0 Å². The number of nitrogens with zero attached hydrogens (tertiary/aromatic N) is 2. The summed E-state index contributed by atoms with van der Waals surface area (Å²) in [5, 5.41) is 11.8. The molecule has 2 aromatic rings. The summed E-state index contributed by atoms with van der Waals surface area (Å²) in [6, 6.07) is 15.2. The first-order valence-corrected chi connectivity index (χ1v) is 11.3. The number of aldehydes is 1. The fraction of sp³-hybridized carbons (Fsp3) is 0.308. The minimum absolute atomic E-state index is 0.00625. The van der Waals surface area contributed by atoms with Gasteiger partial charge in [-0.1, -0.05) is 48.5 Å². The smallest absolute Gasteiger partial charge is 0.336 e. The minimum Gasteiger partial charge on any atom is -0.465 e. The second kappa shape index (κ2) is 12.5. The van der Waals surface area contributed by atoms with E-state index in [2.05, 4.69) is 4.99 Å². The maximum atomic E-state index is 13.2. The van der Waals surface area contributed by atoms with Gasteiger partial charge in [-0.3, -0.25) is 24.7 Å². The third-order valence-corrected chi connectivity index (χ3v) is 5.57. The molecule has 0 amide bonds. The monoisotopic (exact) mass is 494 g/mol. The summed E-state index contributed by atoms with van der Waals surface area (Å²) in [4.78, 5) is 53.3. The van der Waals surface area contributed by atoms with Crippen LogP contribution in [0.25, 0.3) is 0 Å². The molecule has 1 heterocycles. The van der Waals surface area contributed by atoms with Crippen LogP contribution in [0.2, 0.25) is 0 Å². The van der Waals surface area contributed by atoms with Crippen molar-refractivity contribution >= 4 is 29.6 Å². The van der Waals surface area contributed by atoms with Gasteiger partial charge in [0.15, 0.2) is 6.29 Å². The molecule has 0 bridgehead atoms. The van der Waals surface area contributed by atoms with Crippen LogP contribution in [-0.4, -0.2) is 48.7 Å². The van der Waals surface area contributed by atoms with E-state index in [-0.39, 0.29) is 48.1 Å². The summed E-state index contributed by atoms with van der Waals surface area (Å²) in [6.45, 7) is 3.41. The lowest BCUT2D eigenvalue weighted by atomic mass is 9.75. The minimum atomic E-state index is -1.36. The zero-order valence-corrected chi connectivity index (χ0v) is 19.9. The van der Waals surface area contributed by atoms with Gasteiger partial charge in [0, 0.05) is 23.2 Å². The van der Waals surface area contributed by atoms with Gasteiger partial charge in [-0.25, -0.2) is 4.79 Å². The lowest BCUT2D eigenvalue weighted by Gasteiger charge is -2.30. The van der Waals surface area contributed by atoms with Crippen LogP contribution in [0.1, 0.15) is 30.9 Å². The SMILES string of the molecule is CCOC(=O)C1C(C=O)=NC(C)=C(C(=O)OCCOCc2ccccc2)C1c1ccccc1[N+](=O)[O-]. The van der Waals surface area contributed by atoms with Gasteiger partial charge in [-0.15, -0.1) is 0 Å². The number of para-hydroxylation sites is 1. The largest absolute Gasteiger partial charge is 0.465 e. The predicted molar refractivity (Wildman–Crippen MR) is 129 cm³/mol. The maximum absolute atomic E-state index is 13.2. The summed E-state index contributed by atoms with van der Waals surface area (Å²) >= 11 is 0. The predicted octanol–water partition coefficient (Wildman–Crippen LogP) is 3.55. The summed E-state index contributed by atoms with van der Waals surface area (Å²) in [7, 11) is 0. The van der Waals surface area contributed by atoms with E-state index in [1.165, 1.54) is 25.1 Å². The van der Waals surface area contributed by atoms with Crippen molar-refractivity contribution in [3.05, 3.63) is 87.1 Å². The Hall–Kier alpha value is -4.18. The van der Waals surface area contributed by atoms with Gasteiger partial charge in [0.05, 0.1) is 36.0 Å². The number of allylic oxidation sites excluding steroid dienone is 1. The highest BCUT2D eigenvalue weighted by molar-refractivity contribution is 6.35. The van der Waals surface area contributed by atoms with Crippen LogP contribution < -0.4 is 0 Å². The molecule has 0 fully saturated rings. The molecule has 2 atom stereocenters. The summed E-state index contributed by atoms with van der Waals surface area (Å²) in [6.07, 6.45) is 0.395. The van der Waals surface area contributed by atoms with Gasteiger partial charge in [0.2, 0.25) is 0 Å². The average Bonchev–Trinajstić information content (AvgIpc) is 2.88. The molecule has 1 aliphatic rings. The molecule has 0 saturated heterocycles. The van der Waals surface area contributed by atoms with Crippen molar-refractivity contribution in [1.29, 1.82) is 0 Å².